The number of esters is 1. The molecule has 15 heavy (non-hydrogen) atoms. The molecule has 3 fully saturated rings. The number of fused-ring (bicyclic) bond motifs is 2. The predicted molar refractivity (Wildman–Crippen MR) is 57.2 cm³/mol. The summed E-state index contributed by atoms with van der Waals surface area (Å²) in [6, 6.07) is 0. The van der Waals surface area contributed by atoms with Crippen LogP contribution in [0.25, 0.3) is 0 Å². The fourth-order valence-electron chi connectivity index (χ4n) is 4.40. The fourth-order valence-corrected chi connectivity index (χ4v) is 4.40. The predicted octanol–water partition coefficient (Wildman–Crippen LogP) is 2.76. The van der Waals surface area contributed by atoms with E-state index in [1.165, 1.54) is 32.1 Å². The van der Waals surface area contributed by atoms with Crippen LogP contribution in [0.15, 0.2) is 0 Å². The molecule has 3 aliphatic carbocycles. The average Bonchev–Trinajstić information content (AvgIpc) is 2.14. The summed E-state index contributed by atoms with van der Waals surface area (Å²) in [6.45, 7) is 1.55. The van der Waals surface area contributed by atoms with E-state index in [-0.39, 0.29) is 12.1 Å². The maximum Gasteiger partial charge on any atom is 0.302 e. The van der Waals surface area contributed by atoms with E-state index in [1.54, 1.807) is 6.92 Å². The highest BCUT2D eigenvalue weighted by Gasteiger charge is 2.46. The molecule has 3 aliphatic rings. The highest BCUT2D eigenvalue weighted by atomic mass is 16.5. The fraction of sp³-hybridized carbons (Fsp3) is 0.923. The molecule has 5 atom stereocenters. The van der Waals surface area contributed by atoms with E-state index < -0.39 is 0 Å². The zero-order valence-corrected chi connectivity index (χ0v) is 9.45. The Kier molecular flexibility index (Phi) is 2.26. The van der Waals surface area contributed by atoms with E-state index in [2.05, 4.69) is 0 Å². The molecule has 3 rings (SSSR count). The van der Waals surface area contributed by atoms with Gasteiger partial charge in [0.1, 0.15) is 6.10 Å². The van der Waals surface area contributed by atoms with Gasteiger partial charge < -0.3 is 4.74 Å². The smallest absolute Gasteiger partial charge is 0.302 e. The number of hydrogen-bond donors (Lipinski definition) is 0. The zero-order chi connectivity index (χ0) is 10.4. The van der Waals surface area contributed by atoms with Crippen LogP contribution in [0.5, 0.6) is 0 Å². The zero-order valence-electron chi connectivity index (χ0n) is 9.45. The molecule has 0 aromatic rings. The van der Waals surface area contributed by atoms with Crippen LogP contribution < -0.4 is 0 Å². The van der Waals surface area contributed by atoms with Crippen LogP contribution in [0.2, 0.25) is 0 Å². The Bertz CT molecular complexity index is 268. The minimum Gasteiger partial charge on any atom is -0.462 e. The van der Waals surface area contributed by atoms with Crippen molar-refractivity contribution in [1.29, 1.82) is 0 Å². The molecule has 0 aromatic carbocycles. The number of ether oxygens (including phenoxy) is 1. The van der Waals surface area contributed by atoms with Crippen LogP contribution in [0.1, 0.15) is 45.4 Å². The normalized spacial score (nSPS) is 47.7. The van der Waals surface area contributed by atoms with Crippen LogP contribution >= 0.6 is 0 Å². The summed E-state index contributed by atoms with van der Waals surface area (Å²) in [4.78, 5) is 11.1. The van der Waals surface area contributed by atoms with Gasteiger partial charge in [-0.2, -0.15) is 0 Å². The Hall–Kier alpha value is -0.530. The molecule has 0 aromatic heterocycles. The third-order valence-corrected chi connectivity index (χ3v) is 4.81. The van der Waals surface area contributed by atoms with Gasteiger partial charge in [0.05, 0.1) is 0 Å². The topological polar surface area (TPSA) is 26.3 Å². The first-order valence-corrected chi connectivity index (χ1v) is 6.39. The van der Waals surface area contributed by atoms with Crippen molar-refractivity contribution in [2.45, 2.75) is 51.6 Å². The van der Waals surface area contributed by atoms with Crippen LogP contribution in [0, 0.1) is 23.7 Å². The molecule has 2 nitrogen and oxygen atoms in total. The molecule has 5 unspecified atom stereocenters. The van der Waals surface area contributed by atoms with Crippen molar-refractivity contribution in [3.63, 3.8) is 0 Å². The van der Waals surface area contributed by atoms with Crippen molar-refractivity contribution in [3.05, 3.63) is 0 Å². The van der Waals surface area contributed by atoms with Crippen molar-refractivity contribution in [1.82, 2.24) is 0 Å². The van der Waals surface area contributed by atoms with Crippen molar-refractivity contribution < 1.29 is 9.53 Å². The molecule has 3 bridgehead atoms. The summed E-state index contributed by atoms with van der Waals surface area (Å²) in [5.74, 6) is 3.35. The van der Waals surface area contributed by atoms with E-state index in [0.717, 1.165) is 24.2 Å². The minimum absolute atomic E-state index is 0.0814. The van der Waals surface area contributed by atoms with Crippen molar-refractivity contribution in [2.75, 3.05) is 0 Å². The summed E-state index contributed by atoms with van der Waals surface area (Å²) >= 11 is 0. The van der Waals surface area contributed by atoms with Gasteiger partial charge in [-0.05, 0) is 55.8 Å². The quantitative estimate of drug-likeness (QED) is 0.619. The van der Waals surface area contributed by atoms with Gasteiger partial charge in [-0.15, -0.1) is 0 Å². The Balaban J connectivity index is 1.78. The first-order chi connectivity index (χ1) is 7.22. The average molecular weight is 208 g/mol. The van der Waals surface area contributed by atoms with E-state index in [9.17, 15) is 4.79 Å². The summed E-state index contributed by atoms with van der Waals surface area (Å²) in [5.41, 5.74) is 0. The number of carbonyl (C=O) groups is 1. The van der Waals surface area contributed by atoms with E-state index >= 15 is 0 Å². The summed E-state index contributed by atoms with van der Waals surface area (Å²) in [6.07, 6.45) is 8.33. The van der Waals surface area contributed by atoms with Gasteiger partial charge in [-0.25, -0.2) is 0 Å². The number of rotatable bonds is 1. The Labute approximate surface area is 91.4 Å². The lowest BCUT2D eigenvalue weighted by Crippen LogP contribution is -2.46. The van der Waals surface area contributed by atoms with Crippen LogP contribution in [-0.2, 0) is 9.53 Å². The van der Waals surface area contributed by atoms with Gasteiger partial charge in [-0.3, -0.25) is 4.79 Å². The van der Waals surface area contributed by atoms with Gasteiger partial charge >= 0.3 is 5.97 Å². The SMILES string of the molecule is CC(=O)OC1CC2CC3CCC1C(C3)C2. The summed E-state index contributed by atoms with van der Waals surface area (Å²) in [5, 5.41) is 0. The highest BCUT2D eigenvalue weighted by Crippen LogP contribution is 2.53. The number of carbonyl (C=O) groups excluding carboxylic acids is 1. The second-order valence-corrected chi connectivity index (χ2v) is 5.82. The monoisotopic (exact) mass is 208 g/mol. The molecular weight excluding hydrogens is 188 g/mol. The third-order valence-electron chi connectivity index (χ3n) is 4.81. The molecule has 84 valence electrons. The molecule has 0 amide bonds. The van der Waals surface area contributed by atoms with E-state index in [0.29, 0.717) is 5.92 Å². The van der Waals surface area contributed by atoms with Crippen LogP contribution in [-0.4, -0.2) is 12.1 Å². The molecule has 0 saturated heterocycles. The molecule has 3 saturated carbocycles. The third kappa shape index (κ3) is 1.68. The molecule has 2 heteroatoms. The Morgan fingerprint density at radius 3 is 2.67 bits per heavy atom. The first kappa shape index (κ1) is 9.68. The van der Waals surface area contributed by atoms with Crippen molar-refractivity contribution in [2.24, 2.45) is 23.7 Å². The maximum absolute atomic E-state index is 11.1. The van der Waals surface area contributed by atoms with Gasteiger partial charge in [0.15, 0.2) is 0 Å². The lowest BCUT2D eigenvalue weighted by atomic mass is 9.56. The second kappa shape index (κ2) is 3.50. The van der Waals surface area contributed by atoms with Crippen LogP contribution in [0.3, 0.4) is 0 Å². The maximum atomic E-state index is 11.1. The largest absolute Gasteiger partial charge is 0.462 e. The number of hydrogen-bond acceptors (Lipinski definition) is 2. The molecule has 0 aliphatic heterocycles. The molecule has 0 heterocycles. The summed E-state index contributed by atoms with van der Waals surface area (Å²) in [7, 11) is 0. The van der Waals surface area contributed by atoms with Gasteiger partial charge in [0, 0.05) is 6.92 Å². The van der Waals surface area contributed by atoms with Crippen molar-refractivity contribution >= 4 is 5.97 Å². The molecular formula is C13H20O2. The van der Waals surface area contributed by atoms with Gasteiger partial charge in [0.25, 0.3) is 0 Å². The lowest BCUT2D eigenvalue weighted by molar-refractivity contribution is -0.159. The van der Waals surface area contributed by atoms with E-state index in [1.807, 2.05) is 0 Å². The van der Waals surface area contributed by atoms with Gasteiger partial charge in [-0.1, -0.05) is 6.42 Å². The first-order valence-electron chi connectivity index (χ1n) is 6.39. The molecule has 0 N–H and O–H groups in total. The molecule has 0 radical (unpaired) electrons. The lowest BCUT2D eigenvalue weighted by Gasteiger charge is -2.51. The Morgan fingerprint density at radius 2 is 1.87 bits per heavy atom. The van der Waals surface area contributed by atoms with Crippen molar-refractivity contribution in [3.8, 4) is 0 Å². The Morgan fingerprint density at radius 1 is 1.07 bits per heavy atom. The minimum atomic E-state index is -0.0814. The highest BCUT2D eigenvalue weighted by molar-refractivity contribution is 5.66. The standard InChI is InChI=1S/C13H20O2/c1-8(14)15-13-7-10-4-9-2-3-12(13)11(5-9)6-10/h9-13H,2-7H2,1H3. The summed E-state index contributed by atoms with van der Waals surface area (Å²) < 4.78 is 5.52. The van der Waals surface area contributed by atoms with Gasteiger partial charge in [0.2, 0.25) is 0 Å². The second-order valence-electron chi connectivity index (χ2n) is 5.82. The van der Waals surface area contributed by atoms with Crippen LogP contribution in [0.4, 0.5) is 0 Å². The van der Waals surface area contributed by atoms with E-state index in [4.69, 9.17) is 4.74 Å². The molecule has 0 spiro atoms.